The fourth-order valence-electron chi connectivity index (χ4n) is 1.45. The number of rotatable bonds is 2. The highest BCUT2D eigenvalue weighted by atomic mass is 32.2. The Morgan fingerprint density at radius 2 is 1.68 bits per heavy atom. The Balaban J connectivity index is 0.000000555. The lowest BCUT2D eigenvalue weighted by Crippen LogP contribution is -1.98. The summed E-state index contributed by atoms with van der Waals surface area (Å²) in [7, 11) is -3.67. The van der Waals surface area contributed by atoms with E-state index in [2.05, 4.69) is 0 Å². The fraction of sp³-hybridized carbons (Fsp3) is 0.308. The van der Waals surface area contributed by atoms with Gasteiger partial charge >= 0.3 is 0 Å². The lowest BCUT2D eigenvalue weighted by molar-refractivity contribution is -0.104. The average molecular weight is 285 g/mol. The van der Waals surface area contributed by atoms with Crippen molar-refractivity contribution in [3.8, 4) is 0 Å². The number of carbonyl (C=O) groups excluding carboxylic acids is 1. The van der Waals surface area contributed by atoms with Gasteiger partial charge < -0.3 is 5.73 Å². The number of allylic oxidation sites excluding steroid dienone is 1. The van der Waals surface area contributed by atoms with E-state index < -0.39 is 10.1 Å². The Kier molecular flexibility index (Phi) is 6.44. The number of aldehydes is 1. The molecule has 1 rings (SSSR count). The van der Waals surface area contributed by atoms with Gasteiger partial charge in [0, 0.05) is 5.69 Å². The zero-order valence-electron chi connectivity index (χ0n) is 11.5. The molecule has 0 amide bonds. The number of carbonyl (C=O) groups is 1. The zero-order chi connectivity index (χ0) is 15.2. The number of hydrogen-bond acceptors (Lipinski definition) is 4. The van der Waals surface area contributed by atoms with Gasteiger partial charge in [0.05, 0.1) is 6.26 Å². The van der Waals surface area contributed by atoms with Crippen LogP contribution in [0.3, 0.4) is 0 Å². The van der Waals surface area contributed by atoms with Crippen molar-refractivity contribution in [1.82, 2.24) is 0 Å². The Bertz CT molecular complexity index is 581. The second kappa shape index (κ2) is 7.06. The maximum Gasteiger partial charge on any atom is 0.261 e. The molecule has 0 aliphatic carbocycles. The third-order valence-corrected chi connectivity index (χ3v) is 2.55. The molecular formula is C13H19NO4S. The third kappa shape index (κ3) is 6.73. The first kappa shape index (κ1) is 17.3. The first-order valence-corrected chi connectivity index (χ1v) is 7.33. The molecule has 0 aliphatic rings. The molecule has 0 unspecified atom stereocenters. The summed E-state index contributed by atoms with van der Waals surface area (Å²) in [4.78, 5) is 10.2. The Hall–Kier alpha value is -1.66. The third-order valence-electron chi connectivity index (χ3n) is 2.55. The van der Waals surface area contributed by atoms with Crippen LogP contribution in [0.25, 0.3) is 6.08 Å². The van der Waals surface area contributed by atoms with E-state index in [1.165, 1.54) is 6.08 Å². The SMILES string of the molecule is CS(=O)(=O)O.Cc1cc(C=CC=O)c(C)c(C)c1N. The van der Waals surface area contributed by atoms with Crippen molar-refractivity contribution in [2.24, 2.45) is 0 Å². The molecule has 0 atom stereocenters. The van der Waals surface area contributed by atoms with Gasteiger partial charge in [-0.15, -0.1) is 0 Å². The molecule has 0 aromatic heterocycles. The lowest BCUT2D eigenvalue weighted by atomic mass is 9.97. The molecule has 0 saturated heterocycles. The summed E-state index contributed by atoms with van der Waals surface area (Å²) in [6.45, 7) is 5.98. The summed E-state index contributed by atoms with van der Waals surface area (Å²) in [5, 5.41) is 0. The van der Waals surface area contributed by atoms with Crippen LogP contribution in [0.4, 0.5) is 5.69 Å². The Labute approximate surface area is 113 Å². The standard InChI is InChI=1S/C12H15NO.CH4O3S/c1-8-7-11(5-4-6-14)9(2)10(3)12(8)13;1-5(2,3)4/h4-7H,13H2,1-3H3;1H3,(H,2,3,4). The van der Waals surface area contributed by atoms with Gasteiger partial charge in [-0.05, 0) is 55.2 Å². The lowest BCUT2D eigenvalue weighted by Gasteiger charge is -2.11. The largest absolute Gasteiger partial charge is 0.398 e. The van der Waals surface area contributed by atoms with Crippen molar-refractivity contribution >= 4 is 28.2 Å². The first-order chi connectivity index (χ1) is 8.57. The molecule has 19 heavy (non-hydrogen) atoms. The van der Waals surface area contributed by atoms with Gasteiger partial charge in [0.25, 0.3) is 10.1 Å². The van der Waals surface area contributed by atoms with E-state index in [0.717, 1.165) is 34.2 Å². The number of benzene rings is 1. The fourth-order valence-corrected chi connectivity index (χ4v) is 1.45. The number of hydrogen-bond donors (Lipinski definition) is 2. The quantitative estimate of drug-likeness (QED) is 0.374. The van der Waals surface area contributed by atoms with Crippen LogP contribution < -0.4 is 5.73 Å². The minimum absolute atomic E-state index is 0.715. The van der Waals surface area contributed by atoms with Gasteiger partial charge in [-0.3, -0.25) is 9.35 Å². The maximum absolute atomic E-state index is 10.2. The van der Waals surface area contributed by atoms with E-state index in [1.807, 2.05) is 32.9 Å². The van der Waals surface area contributed by atoms with Crippen molar-refractivity contribution in [2.45, 2.75) is 20.8 Å². The second-order valence-corrected chi connectivity index (χ2v) is 5.64. The van der Waals surface area contributed by atoms with Gasteiger partial charge in [-0.1, -0.05) is 6.08 Å². The highest BCUT2D eigenvalue weighted by Gasteiger charge is 2.04. The molecule has 0 saturated carbocycles. The Morgan fingerprint density at radius 3 is 2.11 bits per heavy atom. The van der Waals surface area contributed by atoms with E-state index in [9.17, 15) is 13.2 Å². The normalized spacial score (nSPS) is 11.0. The Morgan fingerprint density at radius 1 is 1.21 bits per heavy atom. The minimum Gasteiger partial charge on any atom is -0.398 e. The molecule has 1 aromatic carbocycles. The predicted octanol–water partition coefficient (Wildman–Crippen LogP) is 1.91. The summed E-state index contributed by atoms with van der Waals surface area (Å²) in [5.41, 5.74) is 11.1. The molecule has 0 spiro atoms. The van der Waals surface area contributed by atoms with Crippen LogP contribution in [-0.4, -0.2) is 25.5 Å². The number of anilines is 1. The summed E-state index contributed by atoms with van der Waals surface area (Å²) in [6, 6.07) is 2.00. The highest BCUT2D eigenvalue weighted by Crippen LogP contribution is 2.24. The van der Waals surface area contributed by atoms with E-state index in [1.54, 1.807) is 0 Å². The van der Waals surface area contributed by atoms with Gasteiger partial charge in [0.1, 0.15) is 6.29 Å². The van der Waals surface area contributed by atoms with Crippen molar-refractivity contribution in [2.75, 3.05) is 12.0 Å². The second-order valence-electron chi connectivity index (χ2n) is 4.17. The first-order valence-electron chi connectivity index (χ1n) is 5.48. The molecule has 3 N–H and O–H groups in total. The number of nitrogens with two attached hydrogens (primary N) is 1. The van der Waals surface area contributed by atoms with Crippen LogP contribution in [0.1, 0.15) is 22.3 Å². The molecule has 0 radical (unpaired) electrons. The van der Waals surface area contributed by atoms with Crippen molar-refractivity contribution in [3.05, 3.63) is 34.4 Å². The maximum atomic E-state index is 10.2. The van der Waals surface area contributed by atoms with Crippen LogP contribution >= 0.6 is 0 Å². The molecule has 0 heterocycles. The predicted molar refractivity (Wildman–Crippen MR) is 77.6 cm³/mol. The summed E-state index contributed by atoms with van der Waals surface area (Å²) < 4.78 is 25.9. The smallest absolute Gasteiger partial charge is 0.261 e. The monoisotopic (exact) mass is 285 g/mol. The van der Waals surface area contributed by atoms with Crippen LogP contribution in [0.15, 0.2) is 12.1 Å². The van der Waals surface area contributed by atoms with Crippen LogP contribution in [0, 0.1) is 20.8 Å². The van der Waals surface area contributed by atoms with E-state index in [0.29, 0.717) is 6.26 Å². The van der Waals surface area contributed by atoms with Crippen LogP contribution in [0.5, 0.6) is 0 Å². The van der Waals surface area contributed by atoms with Crippen molar-refractivity contribution in [1.29, 1.82) is 0 Å². The summed E-state index contributed by atoms with van der Waals surface area (Å²) >= 11 is 0. The summed E-state index contributed by atoms with van der Waals surface area (Å²) in [6.07, 6.45) is 4.80. The van der Waals surface area contributed by atoms with Gasteiger partial charge in [0.15, 0.2) is 0 Å². The van der Waals surface area contributed by atoms with E-state index >= 15 is 0 Å². The van der Waals surface area contributed by atoms with E-state index in [4.69, 9.17) is 10.3 Å². The molecule has 0 fully saturated rings. The van der Waals surface area contributed by atoms with E-state index in [-0.39, 0.29) is 0 Å². The molecule has 0 bridgehead atoms. The van der Waals surface area contributed by atoms with Crippen LogP contribution in [0.2, 0.25) is 0 Å². The van der Waals surface area contributed by atoms with Gasteiger partial charge in [-0.25, -0.2) is 0 Å². The van der Waals surface area contributed by atoms with Crippen molar-refractivity contribution < 1.29 is 17.8 Å². The molecule has 0 aliphatic heterocycles. The molecule has 106 valence electrons. The number of aryl methyl sites for hydroxylation is 1. The number of nitrogen functional groups attached to an aromatic ring is 1. The molecule has 5 nitrogen and oxygen atoms in total. The van der Waals surface area contributed by atoms with Gasteiger partial charge in [-0.2, -0.15) is 8.42 Å². The van der Waals surface area contributed by atoms with Gasteiger partial charge in [0.2, 0.25) is 0 Å². The molecule has 6 heteroatoms. The topological polar surface area (TPSA) is 97.5 Å². The zero-order valence-corrected chi connectivity index (χ0v) is 12.3. The van der Waals surface area contributed by atoms with Crippen molar-refractivity contribution in [3.63, 3.8) is 0 Å². The highest BCUT2D eigenvalue weighted by molar-refractivity contribution is 7.85. The summed E-state index contributed by atoms with van der Waals surface area (Å²) in [5.74, 6) is 0. The average Bonchev–Trinajstić information content (AvgIpc) is 2.27. The minimum atomic E-state index is -3.67. The molecule has 1 aromatic rings. The molecular weight excluding hydrogens is 266 g/mol. The van der Waals surface area contributed by atoms with Crippen LogP contribution in [-0.2, 0) is 14.9 Å².